The summed E-state index contributed by atoms with van der Waals surface area (Å²) in [5.74, 6) is -0.162. The Hall–Kier alpha value is -3.23. The smallest absolute Gasteiger partial charge is 0.325 e. The van der Waals surface area contributed by atoms with E-state index in [2.05, 4.69) is 15.6 Å². The van der Waals surface area contributed by atoms with Gasteiger partial charge in [-0.1, -0.05) is 35.9 Å². The number of hydrogen-bond acceptors (Lipinski definition) is 5. The molecule has 2 aliphatic carbocycles. The lowest BCUT2D eigenvalue weighted by Crippen LogP contribution is -2.49. The molecule has 168 valence electrons. The number of carbonyl (C=O) groups is 3. The third kappa shape index (κ3) is 3.27. The number of rotatable bonds is 6. The van der Waals surface area contributed by atoms with Crippen molar-refractivity contribution in [3.8, 4) is 0 Å². The average Bonchev–Trinajstić information content (AvgIpc) is 3.38. The van der Waals surface area contributed by atoms with Gasteiger partial charge in [0.1, 0.15) is 17.8 Å². The van der Waals surface area contributed by atoms with Crippen LogP contribution in [0.4, 0.5) is 4.79 Å². The first-order chi connectivity index (χ1) is 15.4. The highest BCUT2D eigenvalue weighted by Crippen LogP contribution is 2.41. The number of aromatic nitrogens is 3. The Morgan fingerprint density at radius 3 is 2.78 bits per heavy atom. The van der Waals surface area contributed by atoms with E-state index in [1.165, 1.54) is 0 Å². The summed E-state index contributed by atoms with van der Waals surface area (Å²) >= 11 is 0. The highest BCUT2D eigenvalue weighted by molar-refractivity contribution is 6.09. The first-order valence-electron chi connectivity index (χ1n) is 11.3. The molecule has 2 fully saturated rings. The van der Waals surface area contributed by atoms with E-state index in [0.29, 0.717) is 24.6 Å². The summed E-state index contributed by atoms with van der Waals surface area (Å²) in [6, 6.07) is 7.19. The second-order valence-electron chi connectivity index (χ2n) is 9.22. The van der Waals surface area contributed by atoms with Crippen LogP contribution in [-0.2, 0) is 35.1 Å². The summed E-state index contributed by atoms with van der Waals surface area (Å²) in [4.78, 5) is 42.6. The number of imide groups is 1. The average molecular weight is 437 g/mol. The maximum Gasteiger partial charge on any atom is 0.325 e. The first-order valence-corrected chi connectivity index (χ1v) is 11.3. The molecule has 1 saturated carbocycles. The van der Waals surface area contributed by atoms with Crippen LogP contribution >= 0.6 is 0 Å². The van der Waals surface area contributed by atoms with Gasteiger partial charge in [-0.05, 0) is 49.7 Å². The topological polar surface area (TPSA) is 100 Å². The van der Waals surface area contributed by atoms with Crippen LogP contribution < -0.4 is 5.32 Å². The quantitative estimate of drug-likeness (QED) is 0.695. The Balaban J connectivity index is 1.37. The van der Waals surface area contributed by atoms with Crippen LogP contribution in [0.3, 0.4) is 0 Å². The Morgan fingerprint density at radius 1 is 1.31 bits per heavy atom. The van der Waals surface area contributed by atoms with E-state index in [1.54, 1.807) is 22.8 Å². The molecule has 4 amide bonds. The summed E-state index contributed by atoms with van der Waals surface area (Å²) in [6.07, 6.45) is 6.34. The molecule has 5 rings (SSSR count). The van der Waals surface area contributed by atoms with Gasteiger partial charge in [-0.3, -0.25) is 19.2 Å². The van der Waals surface area contributed by atoms with Gasteiger partial charge in [0.2, 0.25) is 5.91 Å². The van der Waals surface area contributed by atoms with E-state index in [4.69, 9.17) is 0 Å². The molecule has 3 aliphatic rings. The minimum atomic E-state index is -1.05. The third-order valence-electron chi connectivity index (χ3n) is 7.34. The highest BCUT2D eigenvalue weighted by atomic mass is 16.2. The predicted octanol–water partition coefficient (Wildman–Crippen LogP) is 1.73. The van der Waals surface area contributed by atoms with Crippen molar-refractivity contribution in [1.29, 1.82) is 0 Å². The molecule has 2 heterocycles. The van der Waals surface area contributed by atoms with Crippen molar-refractivity contribution in [2.45, 2.75) is 57.2 Å². The maximum atomic E-state index is 13.4. The van der Waals surface area contributed by atoms with Crippen molar-refractivity contribution in [3.63, 3.8) is 0 Å². The monoisotopic (exact) mass is 436 g/mol. The van der Waals surface area contributed by atoms with Gasteiger partial charge in [-0.15, -0.1) is 5.10 Å². The number of benzene rings is 1. The Kier molecular flexibility index (Phi) is 4.98. The van der Waals surface area contributed by atoms with Gasteiger partial charge in [0, 0.05) is 19.3 Å². The van der Waals surface area contributed by atoms with Crippen LogP contribution in [-0.4, -0.2) is 55.2 Å². The van der Waals surface area contributed by atoms with E-state index >= 15 is 0 Å². The molecular weight excluding hydrogens is 408 g/mol. The molecule has 2 atom stereocenters. The molecule has 1 aliphatic heterocycles. The molecule has 1 aromatic heterocycles. The number of carbonyl (C=O) groups excluding carboxylic acids is 3. The van der Waals surface area contributed by atoms with Gasteiger partial charge in [-0.2, -0.15) is 0 Å². The lowest BCUT2D eigenvalue weighted by atomic mass is 9.79. The molecule has 0 radical (unpaired) electrons. The zero-order valence-electron chi connectivity index (χ0n) is 18.5. The van der Waals surface area contributed by atoms with Crippen molar-refractivity contribution >= 4 is 17.8 Å². The predicted molar refractivity (Wildman–Crippen MR) is 115 cm³/mol. The molecule has 2 aromatic rings. The second kappa shape index (κ2) is 7.72. The van der Waals surface area contributed by atoms with E-state index < -0.39 is 11.6 Å². The molecule has 9 nitrogen and oxygen atoms in total. The van der Waals surface area contributed by atoms with Crippen LogP contribution in [0.15, 0.2) is 30.5 Å². The van der Waals surface area contributed by atoms with Crippen molar-refractivity contribution in [2.24, 2.45) is 13.0 Å². The SMILES string of the molecule is C[C@@H](C1CCC1)N(Cc1cn(C)nn1)C(=O)CN1C(=O)NC2(CCc3ccccc32)C1=O. The van der Waals surface area contributed by atoms with Gasteiger partial charge in [0.25, 0.3) is 5.91 Å². The van der Waals surface area contributed by atoms with Crippen molar-refractivity contribution < 1.29 is 14.4 Å². The van der Waals surface area contributed by atoms with Gasteiger partial charge in [-0.25, -0.2) is 4.79 Å². The van der Waals surface area contributed by atoms with Crippen molar-refractivity contribution in [1.82, 2.24) is 30.1 Å². The summed E-state index contributed by atoms with van der Waals surface area (Å²) in [5.41, 5.74) is 1.54. The molecule has 1 spiro atoms. The fourth-order valence-electron chi connectivity index (χ4n) is 5.24. The minimum Gasteiger partial charge on any atom is -0.332 e. The van der Waals surface area contributed by atoms with Gasteiger partial charge in [0.15, 0.2) is 0 Å². The van der Waals surface area contributed by atoms with Crippen molar-refractivity contribution in [2.75, 3.05) is 6.54 Å². The molecule has 1 unspecified atom stereocenters. The second-order valence-corrected chi connectivity index (χ2v) is 9.22. The first kappa shape index (κ1) is 20.7. The fourth-order valence-corrected chi connectivity index (χ4v) is 5.24. The zero-order valence-corrected chi connectivity index (χ0v) is 18.5. The number of amides is 4. The van der Waals surface area contributed by atoms with Gasteiger partial charge >= 0.3 is 6.03 Å². The number of urea groups is 1. The lowest BCUT2D eigenvalue weighted by Gasteiger charge is -2.39. The van der Waals surface area contributed by atoms with Crippen LogP contribution in [0.1, 0.15) is 49.4 Å². The Morgan fingerprint density at radius 2 is 2.09 bits per heavy atom. The van der Waals surface area contributed by atoms with E-state index in [9.17, 15) is 14.4 Å². The Labute approximate surface area is 186 Å². The summed E-state index contributed by atoms with van der Waals surface area (Å²) in [6.45, 7) is 2.08. The zero-order chi connectivity index (χ0) is 22.5. The highest BCUT2D eigenvalue weighted by Gasteiger charge is 2.55. The number of nitrogens with zero attached hydrogens (tertiary/aromatic N) is 5. The van der Waals surface area contributed by atoms with E-state index in [1.807, 2.05) is 31.2 Å². The minimum absolute atomic E-state index is 0.000175. The van der Waals surface area contributed by atoms with E-state index in [-0.39, 0.29) is 24.4 Å². The van der Waals surface area contributed by atoms with Crippen LogP contribution in [0.5, 0.6) is 0 Å². The number of fused-ring (bicyclic) bond motifs is 2. The van der Waals surface area contributed by atoms with Gasteiger partial charge in [0.05, 0.1) is 6.54 Å². The third-order valence-corrected chi connectivity index (χ3v) is 7.34. The van der Waals surface area contributed by atoms with Crippen LogP contribution in [0, 0.1) is 5.92 Å². The number of hydrogen-bond donors (Lipinski definition) is 1. The molecule has 1 saturated heterocycles. The standard InChI is InChI=1S/C23H28N6O3/c1-15(16-7-5-8-16)28(13-18-12-27(2)26-25-18)20(30)14-29-21(31)23(24-22(29)32)11-10-17-6-3-4-9-19(17)23/h3-4,6,9,12,15-16H,5,7-8,10-11,13-14H2,1-2H3,(H,24,32)/t15-,23?/m0/s1. The lowest BCUT2D eigenvalue weighted by molar-refractivity contribution is -0.142. The van der Waals surface area contributed by atoms with Crippen LogP contribution in [0.25, 0.3) is 0 Å². The molecule has 1 aromatic carbocycles. The largest absolute Gasteiger partial charge is 0.332 e. The summed E-state index contributed by atoms with van der Waals surface area (Å²) in [5, 5.41) is 11.0. The molecule has 0 bridgehead atoms. The normalized spacial score (nSPS) is 23.2. The molecule has 9 heteroatoms. The molecule has 1 N–H and O–H groups in total. The summed E-state index contributed by atoms with van der Waals surface area (Å²) < 4.78 is 1.60. The van der Waals surface area contributed by atoms with Crippen molar-refractivity contribution in [3.05, 3.63) is 47.3 Å². The molecule has 32 heavy (non-hydrogen) atoms. The maximum absolute atomic E-state index is 13.4. The Bertz CT molecular complexity index is 1080. The molecular formula is C23H28N6O3. The fraction of sp³-hybridized carbons (Fsp3) is 0.522. The number of aryl methyl sites for hydroxylation is 2. The van der Waals surface area contributed by atoms with Crippen LogP contribution in [0.2, 0.25) is 0 Å². The van der Waals surface area contributed by atoms with E-state index in [0.717, 1.165) is 41.7 Å². The summed E-state index contributed by atoms with van der Waals surface area (Å²) in [7, 11) is 1.78. The number of nitrogens with one attached hydrogen (secondary N) is 1. The van der Waals surface area contributed by atoms with Gasteiger partial charge < -0.3 is 10.2 Å².